The summed E-state index contributed by atoms with van der Waals surface area (Å²) in [6.45, 7) is 6.90. The molecule has 2 aliphatic heterocycles. The van der Waals surface area contributed by atoms with Crippen LogP contribution in [0.4, 0.5) is 0 Å². The van der Waals surface area contributed by atoms with Gasteiger partial charge in [-0.1, -0.05) is 13.8 Å². The van der Waals surface area contributed by atoms with Gasteiger partial charge in [-0.05, 0) is 44.2 Å². The third-order valence-corrected chi connectivity index (χ3v) is 4.30. The molecule has 21 heavy (non-hydrogen) atoms. The molecule has 0 aromatic rings. The minimum atomic E-state index is -0.778. The van der Waals surface area contributed by atoms with Gasteiger partial charge in [-0.3, -0.25) is 19.7 Å². The van der Waals surface area contributed by atoms with Crippen LogP contribution in [0.1, 0.15) is 33.1 Å². The first-order valence-electron chi connectivity index (χ1n) is 7.82. The molecule has 0 aliphatic carbocycles. The summed E-state index contributed by atoms with van der Waals surface area (Å²) in [5.41, 5.74) is 0. The Kier molecular flexibility index (Phi) is 5.33. The van der Waals surface area contributed by atoms with Crippen LogP contribution in [0.15, 0.2) is 0 Å². The molecule has 3 amide bonds. The summed E-state index contributed by atoms with van der Waals surface area (Å²) < 4.78 is 0. The number of nitrogens with zero attached hydrogens (tertiary/aromatic N) is 1. The van der Waals surface area contributed by atoms with Gasteiger partial charge in [0, 0.05) is 19.0 Å². The van der Waals surface area contributed by atoms with Gasteiger partial charge in [0.25, 0.3) is 0 Å². The van der Waals surface area contributed by atoms with E-state index in [1.54, 1.807) is 4.90 Å². The first kappa shape index (κ1) is 15.9. The quantitative estimate of drug-likeness (QED) is 0.674. The molecular formula is C15H25N3O3. The lowest BCUT2D eigenvalue weighted by atomic mass is 9.92. The molecule has 2 unspecified atom stereocenters. The molecule has 0 aromatic carbocycles. The number of hydrogen-bond acceptors (Lipinski definition) is 4. The van der Waals surface area contributed by atoms with Gasteiger partial charge >= 0.3 is 11.8 Å². The average Bonchev–Trinajstić information content (AvgIpc) is 2.46. The van der Waals surface area contributed by atoms with E-state index in [4.69, 9.17) is 0 Å². The van der Waals surface area contributed by atoms with Crippen molar-refractivity contribution >= 4 is 17.7 Å². The van der Waals surface area contributed by atoms with E-state index in [0.717, 1.165) is 19.5 Å². The van der Waals surface area contributed by atoms with Crippen LogP contribution in [-0.2, 0) is 14.4 Å². The number of rotatable bonds is 1. The highest BCUT2D eigenvalue weighted by Crippen LogP contribution is 2.21. The number of carbonyl (C=O) groups excluding carboxylic acids is 3. The number of nitrogens with one attached hydrogen (secondary N) is 2. The summed E-state index contributed by atoms with van der Waals surface area (Å²) in [5.74, 6) is -1.04. The Bertz CT molecular complexity index is 408. The molecule has 0 radical (unpaired) electrons. The highest BCUT2D eigenvalue weighted by molar-refractivity contribution is 6.37. The molecule has 0 bridgehead atoms. The Labute approximate surface area is 125 Å². The number of amides is 3. The van der Waals surface area contributed by atoms with Crippen LogP contribution in [0, 0.1) is 17.8 Å². The zero-order valence-corrected chi connectivity index (χ0v) is 12.9. The summed E-state index contributed by atoms with van der Waals surface area (Å²) >= 11 is 0. The van der Waals surface area contributed by atoms with Gasteiger partial charge in [0.2, 0.25) is 5.91 Å². The fourth-order valence-corrected chi connectivity index (χ4v) is 3.32. The maximum atomic E-state index is 12.2. The van der Waals surface area contributed by atoms with E-state index in [2.05, 4.69) is 24.5 Å². The molecule has 2 rings (SSSR count). The topological polar surface area (TPSA) is 78.5 Å². The first-order valence-corrected chi connectivity index (χ1v) is 7.82. The predicted molar refractivity (Wildman–Crippen MR) is 78.3 cm³/mol. The van der Waals surface area contributed by atoms with Crippen molar-refractivity contribution in [2.24, 2.45) is 17.8 Å². The normalized spacial score (nSPS) is 27.2. The summed E-state index contributed by atoms with van der Waals surface area (Å²) in [6.07, 6.45) is 2.50. The van der Waals surface area contributed by atoms with Gasteiger partial charge in [0.15, 0.2) is 0 Å². The van der Waals surface area contributed by atoms with E-state index < -0.39 is 11.8 Å². The summed E-state index contributed by atoms with van der Waals surface area (Å²) in [6, 6.07) is 0. The number of likely N-dealkylation sites (tertiary alicyclic amines) is 1. The number of piperidine rings is 2. The van der Waals surface area contributed by atoms with Crippen molar-refractivity contribution in [3.8, 4) is 0 Å². The smallest absolute Gasteiger partial charge is 0.316 e. The first-order chi connectivity index (χ1) is 9.97. The van der Waals surface area contributed by atoms with Gasteiger partial charge in [0.05, 0.1) is 0 Å². The second kappa shape index (κ2) is 7.02. The summed E-state index contributed by atoms with van der Waals surface area (Å²) in [5, 5.41) is 5.45. The lowest BCUT2D eigenvalue weighted by molar-refractivity contribution is -0.150. The van der Waals surface area contributed by atoms with Crippen molar-refractivity contribution in [2.45, 2.75) is 33.1 Å². The highest BCUT2D eigenvalue weighted by atomic mass is 16.2. The van der Waals surface area contributed by atoms with E-state index in [1.165, 1.54) is 0 Å². The number of imide groups is 1. The molecule has 0 spiro atoms. The largest absolute Gasteiger partial charge is 0.334 e. The second-order valence-electron chi connectivity index (χ2n) is 6.50. The van der Waals surface area contributed by atoms with Gasteiger partial charge < -0.3 is 10.2 Å². The number of carbonyl (C=O) groups is 3. The van der Waals surface area contributed by atoms with E-state index >= 15 is 0 Å². The molecular weight excluding hydrogens is 270 g/mol. The Morgan fingerprint density at radius 1 is 1.05 bits per heavy atom. The zero-order chi connectivity index (χ0) is 15.4. The second-order valence-corrected chi connectivity index (χ2v) is 6.50. The Balaban J connectivity index is 1.87. The molecule has 0 aromatic heterocycles. The van der Waals surface area contributed by atoms with Crippen molar-refractivity contribution < 1.29 is 14.4 Å². The van der Waals surface area contributed by atoms with Crippen molar-refractivity contribution in [3.05, 3.63) is 0 Å². The molecule has 2 N–H and O–H groups in total. The third kappa shape index (κ3) is 4.27. The molecule has 2 fully saturated rings. The van der Waals surface area contributed by atoms with Crippen molar-refractivity contribution in [3.63, 3.8) is 0 Å². The van der Waals surface area contributed by atoms with Crippen LogP contribution in [-0.4, -0.2) is 48.8 Å². The van der Waals surface area contributed by atoms with Crippen LogP contribution in [0.2, 0.25) is 0 Å². The lowest BCUT2D eigenvalue weighted by Crippen LogP contribution is -2.51. The minimum absolute atomic E-state index is 0.165. The van der Waals surface area contributed by atoms with Gasteiger partial charge in [-0.2, -0.15) is 0 Å². The van der Waals surface area contributed by atoms with E-state index in [1.807, 2.05) is 0 Å². The molecule has 6 nitrogen and oxygen atoms in total. The predicted octanol–water partition coefficient (Wildman–Crippen LogP) is 0.133. The standard InChI is InChI=1S/C15H25N3O3/c1-10-7-11(2)9-18(8-10)15(21)14(20)17-13(19)12-3-5-16-6-4-12/h10-12,16H,3-9H2,1-2H3,(H,17,19,20). The number of hydrogen-bond donors (Lipinski definition) is 2. The maximum absolute atomic E-state index is 12.2. The average molecular weight is 295 g/mol. The maximum Gasteiger partial charge on any atom is 0.316 e. The van der Waals surface area contributed by atoms with Gasteiger partial charge in [-0.25, -0.2) is 0 Å². The Hall–Kier alpha value is -1.43. The van der Waals surface area contributed by atoms with Crippen LogP contribution in [0.5, 0.6) is 0 Å². The van der Waals surface area contributed by atoms with E-state index in [9.17, 15) is 14.4 Å². The Morgan fingerprint density at radius 3 is 2.19 bits per heavy atom. The van der Waals surface area contributed by atoms with Gasteiger partial charge in [0.1, 0.15) is 0 Å². The monoisotopic (exact) mass is 295 g/mol. The molecule has 6 heteroatoms. The van der Waals surface area contributed by atoms with Crippen LogP contribution >= 0.6 is 0 Å². The molecule has 2 heterocycles. The molecule has 118 valence electrons. The molecule has 2 atom stereocenters. The molecule has 2 aliphatic rings. The van der Waals surface area contributed by atoms with Gasteiger partial charge in [-0.15, -0.1) is 0 Å². The molecule has 2 saturated heterocycles. The third-order valence-electron chi connectivity index (χ3n) is 4.30. The summed E-state index contributed by atoms with van der Waals surface area (Å²) in [7, 11) is 0. The van der Waals surface area contributed by atoms with Crippen molar-refractivity contribution in [2.75, 3.05) is 26.2 Å². The SMILES string of the molecule is CC1CC(C)CN(C(=O)C(=O)NC(=O)C2CCNCC2)C1. The van der Waals surface area contributed by atoms with Crippen LogP contribution in [0.25, 0.3) is 0 Å². The van der Waals surface area contributed by atoms with Crippen LogP contribution < -0.4 is 10.6 Å². The van der Waals surface area contributed by atoms with Crippen molar-refractivity contribution in [1.82, 2.24) is 15.5 Å². The van der Waals surface area contributed by atoms with Crippen molar-refractivity contribution in [1.29, 1.82) is 0 Å². The van der Waals surface area contributed by atoms with Crippen LogP contribution in [0.3, 0.4) is 0 Å². The molecule has 0 saturated carbocycles. The fourth-order valence-electron chi connectivity index (χ4n) is 3.32. The zero-order valence-electron chi connectivity index (χ0n) is 12.9. The lowest BCUT2D eigenvalue weighted by Gasteiger charge is -2.34. The van der Waals surface area contributed by atoms with E-state index in [0.29, 0.717) is 37.8 Å². The minimum Gasteiger partial charge on any atom is -0.334 e. The summed E-state index contributed by atoms with van der Waals surface area (Å²) in [4.78, 5) is 37.7. The highest BCUT2D eigenvalue weighted by Gasteiger charge is 2.31. The Morgan fingerprint density at radius 2 is 1.62 bits per heavy atom. The fraction of sp³-hybridized carbons (Fsp3) is 0.800. The van der Waals surface area contributed by atoms with E-state index in [-0.39, 0.29) is 11.8 Å².